The Kier molecular flexibility index (Phi) is 7.56. The summed E-state index contributed by atoms with van der Waals surface area (Å²) in [5.74, 6) is 0.788. The zero-order valence-corrected chi connectivity index (χ0v) is 14.1. The minimum absolute atomic E-state index is 0.0733. The van der Waals surface area contributed by atoms with Gasteiger partial charge in [0, 0.05) is 11.8 Å². The fraction of sp³-hybridized carbons (Fsp3) is 0.867. The van der Waals surface area contributed by atoms with Crippen LogP contribution < -0.4 is 5.32 Å². The average Bonchev–Trinajstić information content (AvgIpc) is 2.43. The van der Waals surface area contributed by atoms with E-state index in [1.54, 1.807) is 0 Å². The van der Waals surface area contributed by atoms with Crippen LogP contribution in [0.5, 0.6) is 0 Å². The monoisotopic (exact) mass is 347 g/mol. The number of alkyl carbamates (subject to hydrolysis) is 1. The maximum atomic E-state index is 11.7. The maximum absolute atomic E-state index is 11.7. The van der Waals surface area contributed by atoms with Crippen molar-refractivity contribution in [3.05, 3.63) is 0 Å². The Morgan fingerprint density at radius 1 is 1.25 bits per heavy atom. The molecule has 0 unspecified atom stereocenters. The molecule has 0 heterocycles. The second-order valence-corrected chi connectivity index (χ2v) is 6.78. The molecule has 1 aliphatic rings. The summed E-state index contributed by atoms with van der Waals surface area (Å²) < 4.78 is 5.18. The van der Waals surface area contributed by atoms with Gasteiger partial charge in [0.2, 0.25) is 0 Å². The van der Waals surface area contributed by atoms with E-state index in [4.69, 9.17) is 4.74 Å². The number of Topliss-reactive ketones (excluding diaryl/α,β-unsaturated/α-hetero) is 1. The lowest BCUT2D eigenvalue weighted by Gasteiger charge is -2.22. The molecule has 1 N–H and O–H groups in total. The van der Waals surface area contributed by atoms with Crippen LogP contribution in [0, 0.1) is 5.92 Å². The predicted octanol–water partition coefficient (Wildman–Crippen LogP) is 3.82. The lowest BCUT2D eigenvalue weighted by Crippen LogP contribution is -2.38. The molecule has 0 aliphatic heterocycles. The SMILES string of the molecule is CC(C)(CBr)OC(=O)NCC(=O)CCC1CCCCC1. The van der Waals surface area contributed by atoms with Crippen molar-refractivity contribution in [1.29, 1.82) is 0 Å². The van der Waals surface area contributed by atoms with Gasteiger partial charge >= 0.3 is 6.09 Å². The fourth-order valence-corrected chi connectivity index (χ4v) is 2.53. The fourth-order valence-electron chi connectivity index (χ4n) is 2.41. The highest BCUT2D eigenvalue weighted by Gasteiger charge is 2.21. The number of carbonyl (C=O) groups is 2. The topological polar surface area (TPSA) is 55.4 Å². The first-order valence-corrected chi connectivity index (χ1v) is 8.59. The van der Waals surface area contributed by atoms with Crippen LogP contribution in [0.1, 0.15) is 58.8 Å². The number of rotatable bonds is 7. The van der Waals surface area contributed by atoms with E-state index in [9.17, 15) is 9.59 Å². The number of halogens is 1. The van der Waals surface area contributed by atoms with Crippen molar-refractivity contribution in [2.45, 2.75) is 64.4 Å². The van der Waals surface area contributed by atoms with E-state index in [1.807, 2.05) is 13.8 Å². The van der Waals surface area contributed by atoms with Crippen LogP contribution in [0.2, 0.25) is 0 Å². The first kappa shape index (κ1) is 17.5. The van der Waals surface area contributed by atoms with Gasteiger partial charge in [-0.25, -0.2) is 4.79 Å². The number of hydrogen-bond donors (Lipinski definition) is 1. The zero-order chi connectivity index (χ0) is 15.0. The van der Waals surface area contributed by atoms with Crippen molar-refractivity contribution < 1.29 is 14.3 Å². The summed E-state index contributed by atoms with van der Waals surface area (Å²) in [5.41, 5.74) is -0.560. The van der Waals surface area contributed by atoms with Gasteiger partial charge in [-0.15, -0.1) is 0 Å². The molecule has 4 nitrogen and oxygen atoms in total. The average molecular weight is 348 g/mol. The molecule has 1 rings (SSSR count). The third-order valence-corrected chi connectivity index (χ3v) is 5.03. The number of carbonyl (C=O) groups excluding carboxylic acids is 2. The number of alkyl halides is 1. The number of nitrogens with one attached hydrogen (secondary N) is 1. The Balaban J connectivity index is 2.14. The van der Waals surface area contributed by atoms with Gasteiger partial charge in [0.05, 0.1) is 6.54 Å². The standard InChI is InChI=1S/C15H26BrNO3/c1-15(2,11-16)20-14(19)17-10-13(18)9-8-12-6-4-3-5-7-12/h12H,3-11H2,1-2H3,(H,17,19). The molecule has 5 heteroatoms. The number of hydrogen-bond acceptors (Lipinski definition) is 3. The summed E-state index contributed by atoms with van der Waals surface area (Å²) in [6.45, 7) is 3.70. The highest BCUT2D eigenvalue weighted by Crippen LogP contribution is 2.27. The summed E-state index contributed by atoms with van der Waals surface area (Å²) in [6, 6.07) is 0. The van der Waals surface area contributed by atoms with Crippen LogP contribution in [0.15, 0.2) is 0 Å². The Bertz CT molecular complexity index is 325. The van der Waals surface area contributed by atoms with Gasteiger partial charge in [-0.2, -0.15) is 0 Å². The molecule has 0 saturated heterocycles. The third kappa shape index (κ3) is 7.27. The molecular weight excluding hydrogens is 322 g/mol. The van der Waals surface area contributed by atoms with Crippen molar-refractivity contribution in [2.24, 2.45) is 5.92 Å². The van der Waals surface area contributed by atoms with Crippen LogP contribution in [0.4, 0.5) is 4.79 Å². The number of amides is 1. The Hall–Kier alpha value is -0.580. The molecule has 1 amide bonds. The lowest BCUT2D eigenvalue weighted by atomic mass is 9.86. The minimum atomic E-state index is -0.560. The molecule has 0 aromatic carbocycles. The highest BCUT2D eigenvalue weighted by atomic mass is 79.9. The van der Waals surface area contributed by atoms with Crippen molar-refractivity contribution in [3.63, 3.8) is 0 Å². The first-order chi connectivity index (χ1) is 9.43. The maximum Gasteiger partial charge on any atom is 0.408 e. The van der Waals surface area contributed by atoms with Gasteiger partial charge in [0.25, 0.3) is 0 Å². The predicted molar refractivity (Wildman–Crippen MR) is 83.2 cm³/mol. The van der Waals surface area contributed by atoms with Gasteiger partial charge in [0.1, 0.15) is 5.60 Å². The number of ether oxygens (including phenoxy) is 1. The van der Waals surface area contributed by atoms with Gasteiger partial charge in [-0.3, -0.25) is 4.79 Å². The highest BCUT2D eigenvalue weighted by molar-refractivity contribution is 9.09. The lowest BCUT2D eigenvalue weighted by molar-refractivity contribution is -0.118. The van der Waals surface area contributed by atoms with E-state index in [2.05, 4.69) is 21.2 Å². The third-order valence-electron chi connectivity index (χ3n) is 3.68. The van der Waals surface area contributed by atoms with E-state index in [0.717, 1.165) is 6.42 Å². The van der Waals surface area contributed by atoms with Crippen molar-refractivity contribution in [1.82, 2.24) is 5.32 Å². The molecule has 0 aromatic heterocycles. The van der Waals surface area contributed by atoms with Crippen molar-refractivity contribution in [2.75, 3.05) is 11.9 Å². The minimum Gasteiger partial charge on any atom is -0.443 e. The van der Waals surface area contributed by atoms with Gasteiger partial charge in [-0.1, -0.05) is 48.0 Å². The molecule has 1 fully saturated rings. The molecule has 0 spiro atoms. The summed E-state index contributed by atoms with van der Waals surface area (Å²) >= 11 is 3.28. The van der Waals surface area contributed by atoms with Crippen LogP contribution in [0.3, 0.4) is 0 Å². The quantitative estimate of drug-likeness (QED) is 0.712. The molecule has 0 bridgehead atoms. The van der Waals surface area contributed by atoms with E-state index < -0.39 is 11.7 Å². The van der Waals surface area contributed by atoms with Crippen LogP contribution in [-0.4, -0.2) is 29.4 Å². The van der Waals surface area contributed by atoms with E-state index in [0.29, 0.717) is 17.7 Å². The molecule has 0 atom stereocenters. The summed E-state index contributed by atoms with van der Waals surface area (Å²) in [5, 5.41) is 3.09. The first-order valence-electron chi connectivity index (χ1n) is 7.47. The van der Waals surface area contributed by atoms with Gasteiger partial charge in [-0.05, 0) is 26.2 Å². The van der Waals surface area contributed by atoms with E-state index >= 15 is 0 Å². The van der Waals surface area contributed by atoms with Crippen LogP contribution in [0.25, 0.3) is 0 Å². The molecular formula is C15H26BrNO3. The molecule has 20 heavy (non-hydrogen) atoms. The Labute approximate surface area is 130 Å². The van der Waals surface area contributed by atoms with Crippen LogP contribution in [-0.2, 0) is 9.53 Å². The smallest absolute Gasteiger partial charge is 0.408 e. The van der Waals surface area contributed by atoms with Gasteiger partial charge in [0.15, 0.2) is 5.78 Å². The molecule has 1 saturated carbocycles. The van der Waals surface area contributed by atoms with E-state index in [1.165, 1.54) is 32.1 Å². The largest absolute Gasteiger partial charge is 0.443 e. The molecule has 0 radical (unpaired) electrons. The number of ketones is 1. The van der Waals surface area contributed by atoms with Crippen molar-refractivity contribution in [3.8, 4) is 0 Å². The summed E-state index contributed by atoms with van der Waals surface area (Å²) in [4.78, 5) is 23.3. The van der Waals surface area contributed by atoms with E-state index in [-0.39, 0.29) is 12.3 Å². The van der Waals surface area contributed by atoms with Crippen molar-refractivity contribution >= 4 is 27.8 Å². The normalized spacial score (nSPS) is 16.8. The van der Waals surface area contributed by atoms with Gasteiger partial charge < -0.3 is 10.1 Å². The zero-order valence-electron chi connectivity index (χ0n) is 12.5. The molecule has 1 aliphatic carbocycles. The Morgan fingerprint density at radius 2 is 1.90 bits per heavy atom. The Morgan fingerprint density at radius 3 is 2.50 bits per heavy atom. The summed E-state index contributed by atoms with van der Waals surface area (Å²) in [6.07, 6.45) is 7.43. The second kappa shape index (κ2) is 8.65. The molecule has 0 aromatic rings. The second-order valence-electron chi connectivity index (χ2n) is 6.22. The summed E-state index contributed by atoms with van der Waals surface area (Å²) in [7, 11) is 0. The molecule has 116 valence electrons. The van der Waals surface area contributed by atoms with Crippen LogP contribution >= 0.6 is 15.9 Å².